The monoisotopic (exact) mass is 472 g/mol. The summed E-state index contributed by atoms with van der Waals surface area (Å²) < 4.78 is 44.9. The predicted octanol–water partition coefficient (Wildman–Crippen LogP) is 6.11. The number of aryl methyl sites for hydroxylation is 1. The highest BCUT2D eigenvalue weighted by Crippen LogP contribution is 2.38. The van der Waals surface area contributed by atoms with Crippen molar-refractivity contribution in [3.05, 3.63) is 71.2 Å². The number of ether oxygens (including phenoxy) is 1. The lowest BCUT2D eigenvalue weighted by Crippen LogP contribution is -2.24. The van der Waals surface area contributed by atoms with Gasteiger partial charge in [-0.2, -0.15) is 18.3 Å². The first-order valence-electron chi connectivity index (χ1n) is 11.3. The number of halogens is 3. The molecule has 1 aliphatic rings. The van der Waals surface area contributed by atoms with Crippen LogP contribution < -0.4 is 5.32 Å². The van der Waals surface area contributed by atoms with Gasteiger partial charge in [0.1, 0.15) is 5.82 Å². The number of nitrogens with zero attached hydrogens (tertiary/aromatic N) is 3. The lowest BCUT2D eigenvalue weighted by molar-refractivity contribution is -0.137. The molecule has 0 saturated heterocycles. The zero-order valence-electron chi connectivity index (χ0n) is 19.1. The van der Waals surface area contributed by atoms with Crippen molar-refractivity contribution >= 4 is 11.8 Å². The summed E-state index contributed by atoms with van der Waals surface area (Å²) >= 11 is 0. The molecule has 2 heterocycles. The minimum atomic E-state index is -4.43. The van der Waals surface area contributed by atoms with Crippen LogP contribution in [-0.4, -0.2) is 27.8 Å². The Morgan fingerprint density at radius 3 is 2.50 bits per heavy atom. The molecule has 1 saturated carbocycles. The maximum Gasteiger partial charge on any atom is 0.419 e. The van der Waals surface area contributed by atoms with Gasteiger partial charge in [0, 0.05) is 12.4 Å². The highest BCUT2D eigenvalue weighted by molar-refractivity contribution is 5.89. The second kappa shape index (κ2) is 9.87. The first-order valence-corrected chi connectivity index (χ1v) is 11.3. The molecule has 1 aliphatic carbocycles. The SMILES string of the molecule is COC(=O)c1ccc(NC(c2ccc(-n3cc(C(F)(F)F)cn3)cc2C)C2CCCCC2)nc1. The first-order chi connectivity index (χ1) is 16.3. The quantitative estimate of drug-likeness (QED) is 0.438. The lowest BCUT2D eigenvalue weighted by atomic mass is 9.80. The minimum Gasteiger partial charge on any atom is -0.465 e. The van der Waals surface area contributed by atoms with E-state index in [1.165, 1.54) is 24.4 Å². The molecule has 4 rings (SSSR count). The van der Waals surface area contributed by atoms with Gasteiger partial charge in [0.25, 0.3) is 0 Å². The number of hydrogen-bond donors (Lipinski definition) is 1. The number of nitrogens with one attached hydrogen (secondary N) is 1. The third-order valence-corrected chi connectivity index (χ3v) is 6.37. The molecule has 2 aromatic heterocycles. The lowest BCUT2D eigenvalue weighted by Gasteiger charge is -2.33. The van der Waals surface area contributed by atoms with Gasteiger partial charge in [-0.05, 0) is 61.1 Å². The van der Waals surface area contributed by atoms with Gasteiger partial charge in [0.2, 0.25) is 0 Å². The largest absolute Gasteiger partial charge is 0.465 e. The third kappa shape index (κ3) is 5.24. The smallest absolute Gasteiger partial charge is 0.419 e. The molecule has 1 atom stereocenters. The summed E-state index contributed by atoms with van der Waals surface area (Å²) in [5.41, 5.74) is 2.19. The van der Waals surface area contributed by atoms with E-state index in [-0.39, 0.29) is 6.04 Å². The van der Waals surface area contributed by atoms with E-state index in [1.807, 2.05) is 19.1 Å². The number of anilines is 1. The molecule has 0 amide bonds. The van der Waals surface area contributed by atoms with Gasteiger partial charge in [-0.25, -0.2) is 14.5 Å². The van der Waals surface area contributed by atoms with Crippen molar-refractivity contribution in [1.82, 2.24) is 14.8 Å². The first kappa shape index (κ1) is 23.8. The number of benzene rings is 1. The van der Waals surface area contributed by atoms with E-state index in [0.29, 0.717) is 23.0 Å². The van der Waals surface area contributed by atoms with E-state index in [0.717, 1.165) is 49.2 Å². The molecule has 0 spiro atoms. The molecule has 1 fully saturated rings. The van der Waals surface area contributed by atoms with Gasteiger partial charge in [0.15, 0.2) is 0 Å². The Hall–Kier alpha value is -3.36. The van der Waals surface area contributed by atoms with E-state index in [9.17, 15) is 18.0 Å². The Kier molecular flexibility index (Phi) is 6.90. The van der Waals surface area contributed by atoms with Crippen LogP contribution in [0.15, 0.2) is 48.9 Å². The summed E-state index contributed by atoms with van der Waals surface area (Å²) in [4.78, 5) is 16.1. The van der Waals surface area contributed by atoms with E-state index >= 15 is 0 Å². The van der Waals surface area contributed by atoms with Gasteiger partial charge < -0.3 is 10.1 Å². The Bertz CT molecular complexity index is 1140. The van der Waals surface area contributed by atoms with E-state index in [1.54, 1.807) is 18.2 Å². The molecule has 9 heteroatoms. The van der Waals surface area contributed by atoms with E-state index < -0.39 is 17.7 Å². The molecule has 34 heavy (non-hydrogen) atoms. The highest BCUT2D eigenvalue weighted by atomic mass is 19.4. The zero-order chi connectivity index (χ0) is 24.3. The molecule has 0 bridgehead atoms. The maximum atomic E-state index is 13.0. The molecule has 1 aromatic carbocycles. The van der Waals surface area contributed by atoms with Crippen molar-refractivity contribution in [1.29, 1.82) is 0 Å². The Labute approximate surface area is 196 Å². The number of esters is 1. The molecule has 0 aliphatic heterocycles. The van der Waals surface area contributed by atoms with Crippen LogP contribution in [0.2, 0.25) is 0 Å². The molecular weight excluding hydrogens is 445 g/mol. The van der Waals surface area contributed by atoms with Crippen LogP contribution in [0.3, 0.4) is 0 Å². The number of hydrogen-bond acceptors (Lipinski definition) is 5. The summed E-state index contributed by atoms with van der Waals surface area (Å²) in [5.74, 6) is 0.595. The number of aromatic nitrogens is 3. The Morgan fingerprint density at radius 1 is 1.15 bits per heavy atom. The average Bonchev–Trinajstić information content (AvgIpc) is 3.34. The minimum absolute atomic E-state index is 0.0193. The third-order valence-electron chi connectivity index (χ3n) is 6.37. The molecule has 1 unspecified atom stereocenters. The summed E-state index contributed by atoms with van der Waals surface area (Å²) in [6.07, 6.45) is 4.56. The van der Waals surface area contributed by atoms with Crippen molar-refractivity contribution in [2.75, 3.05) is 12.4 Å². The predicted molar refractivity (Wildman–Crippen MR) is 122 cm³/mol. The van der Waals surface area contributed by atoms with Crippen LogP contribution in [-0.2, 0) is 10.9 Å². The van der Waals surface area contributed by atoms with E-state index in [4.69, 9.17) is 4.74 Å². The molecule has 0 radical (unpaired) electrons. The summed E-state index contributed by atoms with van der Waals surface area (Å²) in [6.45, 7) is 1.96. The van der Waals surface area contributed by atoms with E-state index in [2.05, 4.69) is 15.4 Å². The van der Waals surface area contributed by atoms with Crippen molar-refractivity contribution < 1.29 is 22.7 Å². The fourth-order valence-electron chi connectivity index (χ4n) is 4.56. The molecule has 6 nitrogen and oxygen atoms in total. The number of carbonyl (C=O) groups is 1. The summed E-state index contributed by atoms with van der Waals surface area (Å²) in [7, 11) is 1.33. The van der Waals surface area contributed by atoms with Crippen LogP contribution in [0.5, 0.6) is 0 Å². The van der Waals surface area contributed by atoms with Gasteiger partial charge in [0.05, 0.1) is 36.2 Å². The van der Waals surface area contributed by atoms with Crippen molar-refractivity contribution in [3.63, 3.8) is 0 Å². The molecule has 3 aromatic rings. The second-order valence-corrected chi connectivity index (χ2v) is 8.66. The van der Waals surface area contributed by atoms with Crippen LogP contribution >= 0.6 is 0 Å². The van der Waals surface area contributed by atoms with Gasteiger partial charge in [-0.15, -0.1) is 0 Å². The van der Waals surface area contributed by atoms with Crippen LogP contribution in [0.1, 0.15) is 65.2 Å². The average molecular weight is 473 g/mol. The molecular formula is C25H27F3N4O2. The second-order valence-electron chi connectivity index (χ2n) is 8.66. The topological polar surface area (TPSA) is 69.0 Å². The van der Waals surface area contributed by atoms with Gasteiger partial charge in [-0.3, -0.25) is 0 Å². The maximum absolute atomic E-state index is 13.0. The normalized spacial score (nSPS) is 15.7. The number of pyridine rings is 1. The van der Waals surface area contributed by atoms with Crippen molar-refractivity contribution in [2.24, 2.45) is 5.92 Å². The van der Waals surface area contributed by atoms with Crippen LogP contribution in [0.4, 0.5) is 19.0 Å². The number of methoxy groups -OCH3 is 1. The molecule has 1 N–H and O–H groups in total. The Morgan fingerprint density at radius 2 is 1.91 bits per heavy atom. The van der Waals surface area contributed by atoms with Crippen LogP contribution in [0, 0.1) is 12.8 Å². The number of alkyl halides is 3. The van der Waals surface area contributed by atoms with Crippen molar-refractivity contribution in [2.45, 2.75) is 51.2 Å². The Balaban J connectivity index is 1.62. The summed E-state index contributed by atoms with van der Waals surface area (Å²) in [6, 6.07) is 9.01. The van der Waals surface area contributed by atoms with Crippen molar-refractivity contribution in [3.8, 4) is 5.69 Å². The highest BCUT2D eigenvalue weighted by Gasteiger charge is 2.32. The fraction of sp³-hybridized carbons (Fsp3) is 0.400. The zero-order valence-corrected chi connectivity index (χ0v) is 19.1. The van der Waals surface area contributed by atoms with Gasteiger partial charge in [-0.1, -0.05) is 25.3 Å². The summed E-state index contributed by atoms with van der Waals surface area (Å²) in [5, 5.41) is 7.43. The number of rotatable bonds is 6. The van der Waals surface area contributed by atoms with Gasteiger partial charge >= 0.3 is 12.1 Å². The standard InChI is InChI=1S/C25H27F3N4O2/c1-16-12-20(32-15-19(14-30-32)25(26,27)28)9-10-21(16)23(17-6-4-3-5-7-17)31-22-11-8-18(13-29-22)24(33)34-2/h8-15,17,23H,3-7H2,1-2H3,(H,29,31). The molecule has 180 valence electrons. The van der Waals surface area contributed by atoms with Crippen LogP contribution in [0.25, 0.3) is 5.69 Å². The number of carbonyl (C=O) groups excluding carboxylic acids is 1. The fourth-order valence-corrected chi connectivity index (χ4v) is 4.56.